The van der Waals surface area contributed by atoms with Gasteiger partial charge in [-0.05, 0) is 47.4 Å². The number of methoxy groups -OCH3 is 1. The van der Waals surface area contributed by atoms with Gasteiger partial charge in [0.15, 0.2) is 0 Å². The molecule has 2 aromatic carbocycles. The van der Waals surface area contributed by atoms with E-state index in [0.29, 0.717) is 33.4 Å². The van der Waals surface area contributed by atoms with Crippen LogP contribution >= 0.6 is 23.2 Å². The third-order valence-electron chi connectivity index (χ3n) is 3.78. The summed E-state index contributed by atoms with van der Waals surface area (Å²) in [5, 5.41) is 1.05. The smallest absolute Gasteiger partial charge is 0.136 e. The first kappa shape index (κ1) is 16.1. The van der Waals surface area contributed by atoms with E-state index in [2.05, 4.69) is 0 Å². The number of benzene rings is 2. The Bertz CT molecular complexity index is 774. The molecule has 0 heterocycles. The quantitative estimate of drug-likeness (QED) is 0.634. The minimum absolute atomic E-state index is 0.301. The molecular weight excluding hydrogens is 334 g/mol. The maximum atomic E-state index is 15.1. The fourth-order valence-electron chi connectivity index (χ4n) is 2.56. The van der Waals surface area contributed by atoms with Crippen LogP contribution in [0.1, 0.15) is 17.5 Å². The molecule has 3 rings (SSSR count). The normalized spacial score (nSPS) is 15.1. The molecule has 0 fully saturated rings. The molecule has 0 amide bonds. The summed E-state index contributed by atoms with van der Waals surface area (Å²) in [7, 11) is 1.59. The lowest BCUT2D eigenvalue weighted by atomic mass is 9.89. The Morgan fingerprint density at radius 3 is 2.13 bits per heavy atom. The van der Waals surface area contributed by atoms with Crippen LogP contribution in [0, 0.1) is 6.42 Å². The standard InChI is InChI=1S/C19H14Cl2FO/c1-23-15-8-4-13(5-9-15)18-17(21)11-10-16(19(18)22)12-2-6-14(20)7-3-12/h2-9,11H,10H2,1H3. The summed E-state index contributed by atoms with van der Waals surface area (Å²) in [6, 6.07) is 14.3. The van der Waals surface area contributed by atoms with Gasteiger partial charge in [-0.15, -0.1) is 0 Å². The first-order chi connectivity index (χ1) is 11.1. The largest absolute Gasteiger partial charge is 0.497 e. The zero-order valence-electron chi connectivity index (χ0n) is 12.4. The van der Waals surface area contributed by atoms with Gasteiger partial charge in [-0.3, -0.25) is 0 Å². The number of hydrogen-bond donors (Lipinski definition) is 0. The van der Waals surface area contributed by atoms with Crippen molar-refractivity contribution in [2.24, 2.45) is 0 Å². The van der Waals surface area contributed by atoms with E-state index in [1.54, 1.807) is 43.5 Å². The first-order valence-electron chi connectivity index (χ1n) is 7.12. The van der Waals surface area contributed by atoms with E-state index in [1.165, 1.54) is 0 Å². The molecule has 1 aliphatic carbocycles. The van der Waals surface area contributed by atoms with E-state index < -0.39 is 0 Å². The van der Waals surface area contributed by atoms with Gasteiger partial charge in [0.25, 0.3) is 0 Å². The molecule has 0 atom stereocenters. The van der Waals surface area contributed by atoms with E-state index in [1.807, 2.05) is 18.6 Å². The fraction of sp³-hybridized carbons (Fsp3) is 0.105. The third-order valence-corrected chi connectivity index (χ3v) is 4.38. The second-order valence-electron chi connectivity index (χ2n) is 5.16. The second kappa shape index (κ2) is 6.77. The van der Waals surface area contributed by atoms with Crippen LogP contribution in [0.25, 0.3) is 11.1 Å². The number of allylic oxidation sites excluding steroid dienone is 4. The topological polar surface area (TPSA) is 9.23 Å². The predicted molar refractivity (Wildman–Crippen MR) is 94.2 cm³/mol. The SMILES string of the molecule is COc1ccc(C2=C(Cl)[CH]CC(c3ccc(Cl)cc3)=C2F)cc1. The van der Waals surface area contributed by atoms with Gasteiger partial charge >= 0.3 is 0 Å². The Hall–Kier alpha value is -1.77. The molecule has 0 saturated carbocycles. The highest BCUT2D eigenvalue weighted by molar-refractivity contribution is 6.35. The minimum Gasteiger partial charge on any atom is -0.497 e. The molecule has 0 bridgehead atoms. The van der Waals surface area contributed by atoms with Crippen molar-refractivity contribution in [3.8, 4) is 5.75 Å². The Kier molecular flexibility index (Phi) is 4.74. The zero-order chi connectivity index (χ0) is 16.4. The van der Waals surface area contributed by atoms with Crippen LogP contribution in [0.5, 0.6) is 5.75 Å². The fourth-order valence-corrected chi connectivity index (χ4v) is 2.95. The molecule has 2 aromatic rings. The van der Waals surface area contributed by atoms with E-state index >= 15 is 4.39 Å². The van der Waals surface area contributed by atoms with Crippen LogP contribution in [-0.2, 0) is 0 Å². The predicted octanol–water partition coefficient (Wildman–Crippen LogP) is 6.29. The average Bonchev–Trinajstić information content (AvgIpc) is 2.57. The molecule has 1 radical (unpaired) electrons. The van der Waals surface area contributed by atoms with Crippen molar-refractivity contribution in [2.45, 2.75) is 6.42 Å². The van der Waals surface area contributed by atoms with Crippen LogP contribution in [0.3, 0.4) is 0 Å². The van der Waals surface area contributed by atoms with Gasteiger partial charge in [0.2, 0.25) is 0 Å². The van der Waals surface area contributed by atoms with Gasteiger partial charge in [-0.1, -0.05) is 47.5 Å². The average molecular weight is 348 g/mol. The van der Waals surface area contributed by atoms with Crippen LogP contribution in [-0.4, -0.2) is 7.11 Å². The summed E-state index contributed by atoms with van der Waals surface area (Å²) in [5.74, 6) is 0.414. The highest BCUT2D eigenvalue weighted by Crippen LogP contribution is 2.42. The van der Waals surface area contributed by atoms with Crippen molar-refractivity contribution in [3.05, 3.63) is 82.0 Å². The summed E-state index contributed by atoms with van der Waals surface area (Å²) in [5.41, 5.74) is 2.54. The van der Waals surface area contributed by atoms with Gasteiger partial charge in [0.05, 0.1) is 7.11 Å². The van der Waals surface area contributed by atoms with Crippen molar-refractivity contribution < 1.29 is 9.13 Å². The molecule has 1 nitrogen and oxygen atoms in total. The number of ether oxygens (including phenoxy) is 1. The summed E-state index contributed by atoms with van der Waals surface area (Å²) < 4.78 is 20.2. The molecule has 0 spiro atoms. The molecule has 0 aliphatic heterocycles. The summed E-state index contributed by atoms with van der Waals surface area (Å²) in [4.78, 5) is 0. The Balaban J connectivity index is 2.05. The molecule has 0 unspecified atom stereocenters. The lowest BCUT2D eigenvalue weighted by Crippen LogP contribution is -2.01. The van der Waals surface area contributed by atoms with E-state index in [9.17, 15) is 0 Å². The van der Waals surface area contributed by atoms with E-state index in [-0.39, 0.29) is 5.83 Å². The Labute approximate surface area is 145 Å². The molecule has 23 heavy (non-hydrogen) atoms. The molecule has 0 aromatic heterocycles. The van der Waals surface area contributed by atoms with Crippen LogP contribution in [0.4, 0.5) is 4.39 Å². The highest BCUT2D eigenvalue weighted by Gasteiger charge is 2.23. The lowest BCUT2D eigenvalue weighted by molar-refractivity contribution is 0.415. The van der Waals surface area contributed by atoms with Gasteiger partial charge in [-0.25, -0.2) is 4.39 Å². The third kappa shape index (κ3) is 3.29. The van der Waals surface area contributed by atoms with Crippen LogP contribution in [0.15, 0.2) is 59.4 Å². The van der Waals surface area contributed by atoms with Crippen molar-refractivity contribution in [1.82, 2.24) is 0 Å². The maximum absolute atomic E-state index is 15.1. The maximum Gasteiger partial charge on any atom is 0.136 e. The van der Waals surface area contributed by atoms with Gasteiger partial charge in [0, 0.05) is 22.0 Å². The zero-order valence-corrected chi connectivity index (χ0v) is 14.0. The van der Waals surface area contributed by atoms with Crippen molar-refractivity contribution in [2.75, 3.05) is 7.11 Å². The first-order valence-corrected chi connectivity index (χ1v) is 7.88. The minimum atomic E-state index is -0.301. The number of halogens is 3. The Morgan fingerprint density at radius 2 is 1.52 bits per heavy atom. The number of hydrogen-bond acceptors (Lipinski definition) is 1. The highest BCUT2D eigenvalue weighted by atomic mass is 35.5. The Morgan fingerprint density at radius 1 is 0.913 bits per heavy atom. The van der Waals surface area contributed by atoms with E-state index in [0.717, 1.165) is 11.1 Å². The second-order valence-corrected chi connectivity index (χ2v) is 6.00. The van der Waals surface area contributed by atoms with Crippen LogP contribution in [0.2, 0.25) is 5.02 Å². The molecule has 4 heteroatoms. The van der Waals surface area contributed by atoms with Gasteiger partial charge in [0.1, 0.15) is 11.6 Å². The van der Waals surface area contributed by atoms with Gasteiger partial charge in [-0.2, -0.15) is 0 Å². The summed E-state index contributed by atoms with van der Waals surface area (Å²) >= 11 is 12.2. The van der Waals surface area contributed by atoms with Crippen molar-refractivity contribution in [1.29, 1.82) is 0 Å². The summed E-state index contributed by atoms with van der Waals surface area (Å²) in [6.07, 6.45) is 2.28. The monoisotopic (exact) mass is 347 g/mol. The van der Waals surface area contributed by atoms with Gasteiger partial charge < -0.3 is 4.74 Å². The molecular formula is C19H14Cl2FO. The summed E-state index contributed by atoms with van der Waals surface area (Å²) in [6.45, 7) is 0. The molecule has 117 valence electrons. The molecule has 0 saturated heterocycles. The molecule has 1 aliphatic rings. The molecule has 0 N–H and O–H groups in total. The van der Waals surface area contributed by atoms with Crippen molar-refractivity contribution in [3.63, 3.8) is 0 Å². The van der Waals surface area contributed by atoms with Crippen LogP contribution < -0.4 is 4.74 Å². The lowest BCUT2D eigenvalue weighted by Gasteiger charge is -2.20. The van der Waals surface area contributed by atoms with Crippen molar-refractivity contribution >= 4 is 34.3 Å². The number of rotatable bonds is 3. The van der Waals surface area contributed by atoms with E-state index in [4.69, 9.17) is 27.9 Å².